The molecule has 0 saturated heterocycles. The summed E-state index contributed by atoms with van der Waals surface area (Å²) in [6, 6.07) is 6.59. The maximum Gasteiger partial charge on any atom is 0.310 e. The molecule has 0 amide bonds. The van der Waals surface area contributed by atoms with E-state index in [1.165, 1.54) is 12.1 Å². The minimum absolute atomic E-state index is 0.00728. The van der Waals surface area contributed by atoms with Crippen molar-refractivity contribution in [1.29, 1.82) is 0 Å². The summed E-state index contributed by atoms with van der Waals surface area (Å²) in [5.41, 5.74) is 1.06. The van der Waals surface area contributed by atoms with Crippen LogP contribution >= 0.6 is 0 Å². The van der Waals surface area contributed by atoms with Crippen LogP contribution in [-0.2, 0) is 14.9 Å². The molecule has 4 atom stereocenters. The van der Waals surface area contributed by atoms with Gasteiger partial charge in [-0.2, -0.15) is 0 Å². The molecule has 3 unspecified atom stereocenters. The van der Waals surface area contributed by atoms with E-state index >= 15 is 0 Å². The van der Waals surface area contributed by atoms with Gasteiger partial charge in [-0.1, -0.05) is 25.5 Å². The van der Waals surface area contributed by atoms with Gasteiger partial charge >= 0.3 is 5.97 Å². The number of fused-ring (bicyclic) bond motifs is 1. The number of esters is 1. The molecular formula is C15H17FO2. The third-order valence-electron chi connectivity index (χ3n) is 4.58. The number of hydrogen-bond acceptors (Lipinski definition) is 2. The molecule has 0 N–H and O–H groups in total. The average Bonchev–Trinajstić information content (AvgIpc) is 3.19. The summed E-state index contributed by atoms with van der Waals surface area (Å²) in [4.78, 5) is 11.9. The highest BCUT2D eigenvalue weighted by Gasteiger charge is 2.88. The molecule has 2 nitrogen and oxygen atoms in total. The highest BCUT2D eigenvalue weighted by molar-refractivity contribution is 5.84. The zero-order chi connectivity index (χ0) is 12.9. The lowest BCUT2D eigenvalue weighted by Crippen LogP contribution is -2.22. The Kier molecular flexibility index (Phi) is 2.47. The van der Waals surface area contributed by atoms with Crippen LogP contribution in [0.4, 0.5) is 4.39 Å². The molecule has 2 aliphatic carbocycles. The Bertz CT molecular complexity index is 482. The van der Waals surface area contributed by atoms with Crippen LogP contribution in [0.1, 0.15) is 25.8 Å². The van der Waals surface area contributed by atoms with Crippen molar-refractivity contribution < 1.29 is 13.9 Å². The van der Waals surface area contributed by atoms with Gasteiger partial charge in [0.05, 0.1) is 12.5 Å². The Morgan fingerprint density at radius 1 is 1.33 bits per heavy atom. The van der Waals surface area contributed by atoms with Crippen molar-refractivity contribution in [2.45, 2.75) is 25.7 Å². The quantitative estimate of drug-likeness (QED) is 0.766. The SMILES string of the molecule is CCOC(=O)[C@@H]1C2C(CC)C21c1ccc(F)cc1. The molecule has 2 saturated carbocycles. The van der Waals surface area contributed by atoms with Gasteiger partial charge in [-0.05, 0) is 36.5 Å². The molecule has 96 valence electrons. The van der Waals surface area contributed by atoms with Crippen LogP contribution in [0.5, 0.6) is 0 Å². The lowest BCUT2D eigenvalue weighted by Gasteiger charge is -2.17. The van der Waals surface area contributed by atoms with Crippen LogP contribution in [-0.4, -0.2) is 12.6 Å². The van der Waals surface area contributed by atoms with Gasteiger partial charge in [-0.25, -0.2) is 4.39 Å². The van der Waals surface area contributed by atoms with Crippen molar-refractivity contribution in [3.63, 3.8) is 0 Å². The van der Waals surface area contributed by atoms with E-state index in [9.17, 15) is 9.18 Å². The third-order valence-corrected chi connectivity index (χ3v) is 4.58. The van der Waals surface area contributed by atoms with E-state index in [2.05, 4.69) is 6.92 Å². The molecule has 18 heavy (non-hydrogen) atoms. The van der Waals surface area contributed by atoms with Gasteiger partial charge in [-0.15, -0.1) is 0 Å². The van der Waals surface area contributed by atoms with Gasteiger partial charge in [0.15, 0.2) is 0 Å². The first kappa shape index (κ1) is 11.7. The lowest BCUT2D eigenvalue weighted by molar-refractivity contribution is -0.146. The molecule has 1 aromatic carbocycles. The highest BCUT2D eigenvalue weighted by atomic mass is 19.1. The van der Waals surface area contributed by atoms with Gasteiger partial charge in [0, 0.05) is 5.41 Å². The van der Waals surface area contributed by atoms with Crippen LogP contribution in [0.25, 0.3) is 0 Å². The first-order valence-electron chi connectivity index (χ1n) is 6.60. The number of ether oxygens (including phenoxy) is 1. The van der Waals surface area contributed by atoms with Gasteiger partial charge in [-0.3, -0.25) is 4.79 Å². The van der Waals surface area contributed by atoms with E-state index in [0.29, 0.717) is 18.4 Å². The van der Waals surface area contributed by atoms with Crippen molar-refractivity contribution in [1.82, 2.24) is 0 Å². The molecule has 0 aromatic heterocycles. The molecule has 0 aliphatic heterocycles. The summed E-state index contributed by atoms with van der Waals surface area (Å²) in [6.07, 6.45) is 1.07. The Hall–Kier alpha value is -1.38. The molecule has 3 heteroatoms. The van der Waals surface area contributed by atoms with Crippen LogP contribution in [0.2, 0.25) is 0 Å². The largest absolute Gasteiger partial charge is 0.466 e. The maximum atomic E-state index is 13.0. The van der Waals surface area contributed by atoms with Crippen molar-refractivity contribution in [2.24, 2.45) is 17.8 Å². The van der Waals surface area contributed by atoms with Crippen molar-refractivity contribution in [3.8, 4) is 0 Å². The first-order valence-corrected chi connectivity index (χ1v) is 6.60. The normalized spacial score (nSPS) is 35.8. The standard InChI is InChI=1S/C15H17FO2/c1-3-11-12-13(14(17)18-4-2)15(11,12)9-5-7-10(16)8-6-9/h5-8,11-13H,3-4H2,1-2H3/t11?,12?,13-,15?/m0/s1. The fraction of sp³-hybridized carbons (Fsp3) is 0.533. The minimum atomic E-state index is -0.228. The fourth-order valence-electron chi connectivity index (χ4n) is 3.78. The summed E-state index contributed by atoms with van der Waals surface area (Å²) in [5, 5.41) is 0. The predicted molar refractivity (Wildman–Crippen MR) is 65.5 cm³/mol. The summed E-state index contributed by atoms with van der Waals surface area (Å²) < 4.78 is 18.1. The third kappa shape index (κ3) is 1.30. The number of rotatable bonds is 4. The average molecular weight is 248 g/mol. The summed E-state index contributed by atoms with van der Waals surface area (Å²) in [7, 11) is 0. The van der Waals surface area contributed by atoms with Crippen molar-refractivity contribution >= 4 is 5.97 Å². The smallest absolute Gasteiger partial charge is 0.310 e. The Balaban J connectivity index is 1.85. The molecule has 3 rings (SSSR count). The second-order valence-corrected chi connectivity index (χ2v) is 5.21. The van der Waals surface area contributed by atoms with Gasteiger partial charge in [0.1, 0.15) is 5.82 Å². The Labute approximate surface area is 106 Å². The predicted octanol–water partition coefficient (Wildman–Crippen LogP) is 2.91. The first-order chi connectivity index (χ1) is 8.67. The Morgan fingerprint density at radius 2 is 2.00 bits per heavy atom. The molecular weight excluding hydrogens is 231 g/mol. The lowest BCUT2D eigenvalue weighted by atomic mass is 9.88. The number of benzene rings is 1. The van der Waals surface area contributed by atoms with E-state index in [4.69, 9.17) is 4.74 Å². The number of carbonyl (C=O) groups is 1. The van der Waals surface area contributed by atoms with Crippen molar-refractivity contribution in [3.05, 3.63) is 35.6 Å². The number of halogens is 1. The summed E-state index contributed by atoms with van der Waals surface area (Å²) >= 11 is 0. The number of carbonyl (C=O) groups excluding carboxylic acids is 1. The van der Waals surface area contributed by atoms with E-state index in [1.54, 1.807) is 0 Å². The van der Waals surface area contributed by atoms with Crippen LogP contribution in [0.15, 0.2) is 24.3 Å². The maximum absolute atomic E-state index is 13.0. The number of hydrogen-bond donors (Lipinski definition) is 0. The van der Waals surface area contributed by atoms with Crippen LogP contribution in [0, 0.1) is 23.6 Å². The van der Waals surface area contributed by atoms with Gasteiger partial charge in [0.25, 0.3) is 0 Å². The summed E-state index contributed by atoms with van der Waals surface area (Å²) in [5.74, 6) is 0.683. The van der Waals surface area contributed by atoms with Crippen LogP contribution in [0.3, 0.4) is 0 Å². The molecule has 0 bridgehead atoms. The summed E-state index contributed by atoms with van der Waals surface area (Å²) in [6.45, 7) is 4.40. The van der Waals surface area contributed by atoms with Gasteiger partial charge in [0.2, 0.25) is 0 Å². The van der Waals surface area contributed by atoms with E-state index < -0.39 is 0 Å². The fourth-order valence-corrected chi connectivity index (χ4v) is 3.78. The highest BCUT2D eigenvalue weighted by Crippen LogP contribution is 2.85. The topological polar surface area (TPSA) is 26.3 Å². The minimum Gasteiger partial charge on any atom is -0.466 e. The second kappa shape index (κ2) is 3.81. The van der Waals surface area contributed by atoms with E-state index in [-0.39, 0.29) is 23.1 Å². The monoisotopic (exact) mass is 248 g/mol. The van der Waals surface area contributed by atoms with Crippen molar-refractivity contribution in [2.75, 3.05) is 6.61 Å². The molecule has 0 spiro atoms. The van der Waals surface area contributed by atoms with E-state index in [0.717, 1.165) is 12.0 Å². The second-order valence-electron chi connectivity index (χ2n) is 5.21. The Morgan fingerprint density at radius 3 is 2.56 bits per heavy atom. The van der Waals surface area contributed by atoms with E-state index in [1.807, 2.05) is 19.1 Å². The molecule has 0 radical (unpaired) electrons. The van der Waals surface area contributed by atoms with Gasteiger partial charge < -0.3 is 4.74 Å². The molecule has 2 fully saturated rings. The zero-order valence-corrected chi connectivity index (χ0v) is 10.7. The molecule has 2 aliphatic rings. The molecule has 1 aromatic rings. The van der Waals surface area contributed by atoms with Crippen LogP contribution < -0.4 is 0 Å². The zero-order valence-electron chi connectivity index (χ0n) is 10.7. The molecule has 0 heterocycles.